The molecule has 4 amide bonds. The van der Waals surface area contributed by atoms with Crippen LogP contribution in [0.1, 0.15) is 42.4 Å². The summed E-state index contributed by atoms with van der Waals surface area (Å²) in [6.07, 6.45) is 0.849. The zero-order chi connectivity index (χ0) is 25.6. The van der Waals surface area contributed by atoms with Gasteiger partial charge in [0.05, 0.1) is 41.6 Å². The molecule has 3 aliphatic rings. The molecule has 3 N–H and O–H groups in total. The summed E-state index contributed by atoms with van der Waals surface area (Å²) in [6, 6.07) is 5.83. The molecule has 2 saturated heterocycles. The predicted molar refractivity (Wildman–Crippen MR) is 125 cm³/mol. The number of piperidine rings is 1. The number of halogens is 2. The fourth-order valence-electron chi connectivity index (χ4n) is 5.01. The van der Waals surface area contributed by atoms with E-state index in [0.29, 0.717) is 36.6 Å². The van der Waals surface area contributed by atoms with E-state index in [4.69, 9.17) is 10.00 Å². The molecule has 9 nitrogen and oxygen atoms in total. The second-order valence-corrected chi connectivity index (χ2v) is 9.11. The van der Waals surface area contributed by atoms with Crippen molar-refractivity contribution < 1.29 is 27.9 Å². The molecule has 0 saturated carbocycles. The van der Waals surface area contributed by atoms with Crippen LogP contribution in [0.4, 0.5) is 25.0 Å². The number of nitrogens with one attached hydrogen (secondary N) is 3. The number of amides is 4. The van der Waals surface area contributed by atoms with Crippen LogP contribution in [-0.2, 0) is 16.0 Å². The zero-order valence-corrected chi connectivity index (χ0v) is 19.4. The van der Waals surface area contributed by atoms with Gasteiger partial charge >= 0.3 is 6.03 Å². The van der Waals surface area contributed by atoms with Gasteiger partial charge in [0.1, 0.15) is 17.4 Å². The Morgan fingerprint density at radius 1 is 1.22 bits per heavy atom. The molecule has 2 aromatic carbocycles. The summed E-state index contributed by atoms with van der Waals surface area (Å²) in [5, 5.41) is 16.3. The number of benzene rings is 2. The lowest BCUT2D eigenvalue weighted by molar-refractivity contribution is -0.134. The number of urea groups is 1. The first kappa shape index (κ1) is 23.5. The summed E-state index contributed by atoms with van der Waals surface area (Å²) < 4.78 is 35.3. The maximum Gasteiger partial charge on any atom is 0.319 e. The molecule has 0 aliphatic carbocycles. The van der Waals surface area contributed by atoms with Gasteiger partial charge in [-0.15, -0.1) is 0 Å². The Bertz CT molecular complexity index is 1320. The molecule has 3 aliphatic heterocycles. The molecular formula is C25H23F2N5O4. The first-order chi connectivity index (χ1) is 17.3. The number of hydrogen-bond donors (Lipinski definition) is 3. The Morgan fingerprint density at radius 2 is 2.03 bits per heavy atom. The summed E-state index contributed by atoms with van der Waals surface area (Å²) in [7, 11) is 0. The number of ether oxygens (including phenoxy) is 1. The van der Waals surface area contributed by atoms with Crippen LogP contribution in [0.5, 0.6) is 5.75 Å². The largest absolute Gasteiger partial charge is 0.491 e. The van der Waals surface area contributed by atoms with Crippen LogP contribution < -0.4 is 25.6 Å². The van der Waals surface area contributed by atoms with Crippen molar-refractivity contribution >= 4 is 29.2 Å². The number of carbonyl (C=O) groups excluding carboxylic acids is 3. The van der Waals surface area contributed by atoms with E-state index in [1.165, 1.54) is 18.2 Å². The quantitative estimate of drug-likeness (QED) is 0.561. The van der Waals surface area contributed by atoms with E-state index in [0.717, 1.165) is 6.07 Å². The lowest BCUT2D eigenvalue weighted by atomic mass is 9.85. The monoisotopic (exact) mass is 495 g/mol. The SMILES string of the molecule is C[C@@H]1[C@H](NC(=O)Nc2ccc(C#N)cc2F)CN1c1cc(F)c(C2CCC(=O)NC2=O)c2c1OCC2. The molecular weight excluding hydrogens is 472 g/mol. The van der Waals surface area contributed by atoms with Crippen molar-refractivity contribution in [3.05, 3.63) is 52.6 Å². The van der Waals surface area contributed by atoms with Gasteiger partial charge in [0.25, 0.3) is 0 Å². The van der Waals surface area contributed by atoms with Crippen molar-refractivity contribution in [3.63, 3.8) is 0 Å². The topological polar surface area (TPSA) is 124 Å². The molecule has 3 heterocycles. The normalized spacial score (nSPS) is 22.6. The van der Waals surface area contributed by atoms with Crippen LogP contribution in [0.25, 0.3) is 0 Å². The fourth-order valence-corrected chi connectivity index (χ4v) is 5.01. The van der Waals surface area contributed by atoms with E-state index in [-0.39, 0.29) is 47.6 Å². The van der Waals surface area contributed by atoms with Crippen LogP contribution in [-0.4, -0.2) is 43.1 Å². The van der Waals surface area contributed by atoms with Gasteiger partial charge in [-0.25, -0.2) is 13.6 Å². The minimum absolute atomic E-state index is 0.0485. The van der Waals surface area contributed by atoms with Gasteiger partial charge in [-0.2, -0.15) is 5.26 Å². The second-order valence-electron chi connectivity index (χ2n) is 9.11. The highest BCUT2D eigenvalue weighted by atomic mass is 19.1. The van der Waals surface area contributed by atoms with Gasteiger partial charge in [-0.1, -0.05) is 0 Å². The van der Waals surface area contributed by atoms with Crippen molar-refractivity contribution in [1.82, 2.24) is 10.6 Å². The van der Waals surface area contributed by atoms with E-state index in [2.05, 4.69) is 16.0 Å². The van der Waals surface area contributed by atoms with E-state index in [1.54, 1.807) is 0 Å². The predicted octanol–water partition coefficient (Wildman–Crippen LogP) is 2.69. The molecule has 0 aromatic heterocycles. The van der Waals surface area contributed by atoms with Crippen LogP contribution in [0.3, 0.4) is 0 Å². The summed E-state index contributed by atoms with van der Waals surface area (Å²) in [5.74, 6) is -2.33. The molecule has 11 heteroatoms. The average Bonchev–Trinajstić information content (AvgIpc) is 3.33. The number of rotatable bonds is 4. The average molecular weight is 495 g/mol. The van der Waals surface area contributed by atoms with Crippen LogP contribution in [0.2, 0.25) is 0 Å². The Kier molecular flexibility index (Phi) is 5.96. The summed E-state index contributed by atoms with van der Waals surface area (Å²) >= 11 is 0. The van der Waals surface area contributed by atoms with Crippen LogP contribution in [0, 0.1) is 23.0 Å². The van der Waals surface area contributed by atoms with E-state index >= 15 is 4.39 Å². The van der Waals surface area contributed by atoms with Crippen molar-refractivity contribution in [2.24, 2.45) is 0 Å². The minimum atomic E-state index is -0.748. The van der Waals surface area contributed by atoms with E-state index in [9.17, 15) is 18.8 Å². The lowest BCUT2D eigenvalue weighted by Gasteiger charge is -2.48. The van der Waals surface area contributed by atoms with Crippen molar-refractivity contribution in [2.45, 2.75) is 44.2 Å². The maximum absolute atomic E-state index is 15.4. The first-order valence-corrected chi connectivity index (χ1v) is 11.6. The van der Waals surface area contributed by atoms with Crippen molar-refractivity contribution in [1.29, 1.82) is 5.26 Å². The number of imide groups is 1. The molecule has 0 spiro atoms. The molecule has 0 bridgehead atoms. The van der Waals surface area contributed by atoms with Gasteiger partial charge in [0, 0.05) is 42.6 Å². The molecule has 3 atom stereocenters. The highest BCUT2D eigenvalue weighted by molar-refractivity contribution is 6.01. The molecule has 2 fully saturated rings. The maximum atomic E-state index is 15.4. The minimum Gasteiger partial charge on any atom is -0.491 e. The molecule has 0 radical (unpaired) electrons. The van der Waals surface area contributed by atoms with Crippen LogP contribution >= 0.6 is 0 Å². The third kappa shape index (κ3) is 4.08. The third-order valence-corrected chi connectivity index (χ3v) is 6.98. The zero-order valence-electron chi connectivity index (χ0n) is 19.4. The van der Waals surface area contributed by atoms with Gasteiger partial charge in [0.2, 0.25) is 11.8 Å². The smallest absolute Gasteiger partial charge is 0.319 e. The van der Waals surface area contributed by atoms with Crippen molar-refractivity contribution in [3.8, 4) is 11.8 Å². The number of fused-ring (bicyclic) bond motifs is 1. The van der Waals surface area contributed by atoms with Gasteiger partial charge in [-0.3, -0.25) is 14.9 Å². The van der Waals surface area contributed by atoms with Gasteiger partial charge in [0.15, 0.2) is 0 Å². The number of hydrogen-bond acceptors (Lipinski definition) is 6. The van der Waals surface area contributed by atoms with Crippen molar-refractivity contribution in [2.75, 3.05) is 23.4 Å². The highest BCUT2D eigenvalue weighted by Gasteiger charge is 2.41. The molecule has 36 heavy (non-hydrogen) atoms. The molecule has 5 rings (SSSR count). The number of nitrogens with zero attached hydrogens (tertiary/aromatic N) is 2. The number of anilines is 2. The Labute approximate surface area is 205 Å². The first-order valence-electron chi connectivity index (χ1n) is 11.6. The number of nitriles is 1. The summed E-state index contributed by atoms with van der Waals surface area (Å²) in [4.78, 5) is 38.2. The van der Waals surface area contributed by atoms with Gasteiger partial charge < -0.3 is 20.3 Å². The highest BCUT2D eigenvalue weighted by Crippen LogP contribution is 2.46. The second kappa shape index (κ2) is 9.11. The fraction of sp³-hybridized carbons (Fsp3) is 0.360. The number of carbonyl (C=O) groups is 3. The summed E-state index contributed by atoms with van der Waals surface area (Å²) in [6.45, 7) is 2.59. The van der Waals surface area contributed by atoms with Crippen LogP contribution in [0.15, 0.2) is 24.3 Å². The Balaban J connectivity index is 1.29. The Hall–Kier alpha value is -4.20. The van der Waals surface area contributed by atoms with E-state index < -0.39 is 29.5 Å². The lowest BCUT2D eigenvalue weighted by Crippen LogP contribution is -2.66. The Morgan fingerprint density at radius 3 is 2.72 bits per heavy atom. The third-order valence-electron chi connectivity index (χ3n) is 6.98. The van der Waals surface area contributed by atoms with E-state index in [1.807, 2.05) is 17.9 Å². The molecule has 1 unspecified atom stereocenters. The molecule has 2 aromatic rings. The summed E-state index contributed by atoms with van der Waals surface area (Å²) in [5.41, 5.74) is 1.56. The van der Waals surface area contributed by atoms with Gasteiger partial charge in [-0.05, 0) is 31.5 Å². The molecule has 186 valence electrons. The standard InChI is InChI=1S/C25H23F2N5O4/c1-12-19(30-25(35)29-18-4-2-13(10-28)8-16(18)26)11-32(12)20-9-17(27)22(14-6-7-36-23(14)20)15-3-5-21(33)31-24(15)34/h2,4,8-9,12,15,19H,3,5-7,11H2,1H3,(H2,29,30,35)(H,31,33,34)/t12-,15?,19-/m1/s1.